The lowest BCUT2D eigenvalue weighted by atomic mass is 10.2. The summed E-state index contributed by atoms with van der Waals surface area (Å²) < 4.78 is 4.99. The molecule has 1 N–H and O–H groups in total. The van der Waals surface area contributed by atoms with Crippen LogP contribution in [0.1, 0.15) is 20.8 Å². The van der Waals surface area contributed by atoms with Gasteiger partial charge < -0.3 is 10.1 Å². The number of carbonyl (C=O) groups is 2. The average molecular weight is 304 g/mol. The first kappa shape index (κ1) is 15.8. The highest BCUT2D eigenvalue weighted by atomic mass is 35.5. The van der Waals surface area contributed by atoms with E-state index < -0.39 is 18.0 Å². The highest BCUT2D eigenvalue weighted by Gasteiger charge is 2.20. The van der Waals surface area contributed by atoms with Gasteiger partial charge in [0.15, 0.2) is 6.10 Å². The van der Waals surface area contributed by atoms with Gasteiger partial charge in [0, 0.05) is 5.02 Å². The minimum absolute atomic E-state index is 0.283. The van der Waals surface area contributed by atoms with Gasteiger partial charge in [-0.25, -0.2) is 0 Å². The molecule has 1 rings (SSSR count). The second-order valence-electron chi connectivity index (χ2n) is 4.35. The van der Waals surface area contributed by atoms with E-state index >= 15 is 0 Å². The van der Waals surface area contributed by atoms with Gasteiger partial charge in [0.2, 0.25) is 0 Å². The Labute approximate surface area is 122 Å². The molecule has 0 aromatic heterocycles. The largest absolute Gasteiger partial charge is 0.452 e. The summed E-state index contributed by atoms with van der Waals surface area (Å²) in [6.45, 7) is 4.89. The standard InChI is InChI=1S/C13H15Cl2NO3/c1-7(2)13(18)19-8(3)12(17)16-11-5-4-9(14)6-10(11)15/h4-8H,1-3H3,(H,16,17)/t8-/m1/s1. The molecule has 0 aliphatic rings. The molecule has 0 fully saturated rings. The van der Waals surface area contributed by atoms with Crippen molar-refractivity contribution in [3.63, 3.8) is 0 Å². The van der Waals surface area contributed by atoms with Crippen LogP contribution in [0, 0.1) is 5.92 Å². The highest BCUT2D eigenvalue weighted by Crippen LogP contribution is 2.25. The minimum Gasteiger partial charge on any atom is -0.452 e. The van der Waals surface area contributed by atoms with E-state index in [1.54, 1.807) is 26.0 Å². The van der Waals surface area contributed by atoms with Crippen LogP contribution >= 0.6 is 23.2 Å². The maximum atomic E-state index is 11.8. The van der Waals surface area contributed by atoms with Gasteiger partial charge >= 0.3 is 5.97 Å². The van der Waals surface area contributed by atoms with Crippen molar-refractivity contribution >= 4 is 40.8 Å². The number of hydrogen-bond acceptors (Lipinski definition) is 3. The van der Waals surface area contributed by atoms with Crippen molar-refractivity contribution in [2.75, 3.05) is 5.32 Å². The summed E-state index contributed by atoms with van der Waals surface area (Å²) in [6.07, 6.45) is -0.887. The molecule has 1 aromatic rings. The van der Waals surface area contributed by atoms with Gasteiger partial charge in [-0.15, -0.1) is 0 Å². The molecule has 0 aliphatic carbocycles. The molecule has 0 saturated heterocycles. The second kappa shape index (κ2) is 6.78. The molecule has 0 bridgehead atoms. The third kappa shape index (κ3) is 4.73. The van der Waals surface area contributed by atoms with Gasteiger partial charge in [-0.3, -0.25) is 9.59 Å². The van der Waals surface area contributed by atoms with E-state index in [9.17, 15) is 9.59 Å². The normalized spacial score (nSPS) is 12.1. The number of hydrogen-bond donors (Lipinski definition) is 1. The van der Waals surface area contributed by atoms with Crippen molar-refractivity contribution in [1.29, 1.82) is 0 Å². The summed E-state index contributed by atoms with van der Waals surface area (Å²) in [5, 5.41) is 3.37. The summed E-state index contributed by atoms with van der Waals surface area (Å²) in [4.78, 5) is 23.2. The number of amides is 1. The smallest absolute Gasteiger partial charge is 0.309 e. The molecule has 0 spiro atoms. The summed E-state index contributed by atoms with van der Waals surface area (Å²) in [7, 11) is 0. The zero-order chi connectivity index (χ0) is 14.6. The van der Waals surface area contributed by atoms with Gasteiger partial charge in [-0.2, -0.15) is 0 Å². The number of ether oxygens (including phenoxy) is 1. The number of halogens is 2. The van der Waals surface area contributed by atoms with Crippen LogP contribution in [0.5, 0.6) is 0 Å². The van der Waals surface area contributed by atoms with Crippen LogP contribution in [0.3, 0.4) is 0 Å². The van der Waals surface area contributed by atoms with Gasteiger partial charge in [0.25, 0.3) is 5.91 Å². The summed E-state index contributed by atoms with van der Waals surface area (Å²) in [5.74, 6) is -1.16. The number of benzene rings is 1. The fourth-order valence-electron chi connectivity index (χ4n) is 1.19. The zero-order valence-electron chi connectivity index (χ0n) is 10.9. The lowest BCUT2D eigenvalue weighted by Gasteiger charge is -2.15. The van der Waals surface area contributed by atoms with Crippen LogP contribution in [-0.4, -0.2) is 18.0 Å². The Morgan fingerprint density at radius 3 is 2.37 bits per heavy atom. The maximum Gasteiger partial charge on any atom is 0.309 e. The second-order valence-corrected chi connectivity index (χ2v) is 5.19. The van der Waals surface area contributed by atoms with Crippen LogP contribution in [0.25, 0.3) is 0 Å². The minimum atomic E-state index is -0.887. The Morgan fingerprint density at radius 1 is 1.21 bits per heavy atom. The average Bonchev–Trinajstić information content (AvgIpc) is 2.32. The Morgan fingerprint density at radius 2 is 1.84 bits per heavy atom. The third-order valence-corrected chi connectivity index (χ3v) is 2.87. The SMILES string of the molecule is CC(C)C(=O)O[C@H](C)C(=O)Nc1ccc(Cl)cc1Cl. The van der Waals surface area contributed by atoms with Crippen LogP contribution in [0.15, 0.2) is 18.2 Å². The molecule has 6 heteroatoms. The molecule has 1 amide bonds. The van der Waals surface area contributed by atoms with Crippen molar-refractivity contribution in [1.82, 2.24) is 0 Å². The fourth-order valence-corrected chi connectivity index (χ4v) is 1.64. The quantitative estimate of drug-likeness (QED) is 0.866. The first-order valence-corrected chi connectivity index (χ1v) is 6.53. The van der Waals surface area contributed by atoms with E-state index in [4.69, 9.17) is 27.9 Å². The molecular weight excluding hydrogens is 289 g/mol. The monoisotopic (exact) mass is 303 g/mol. The molecule has 0 radical (unpaired) electrons. The summed E-state index contributed by atoms with van der Waals surface area (Å²) in [6, 6.07) is 4.71. The van der Waals surface area contributed by atoms with Crippen LogP contribution < -0.4 is 5.32 Å². The molecule has 0 saturated carbocycles. The Kier molecular flexibility index (Phi) is 5.63. The van der Waals surface area contributed by atoms with E-state index in [0.29, 0.717) is 15.7 Å². The Balaban J connectivity index is 2.66. The lowest BCUT2D eigenvalue weighted by molar-refractivity contribution is -0.156. The van der Waals surface area contributed by atoms with Crippen LogP contribution in [0.2, 0.25) is 10.0 Å². The maximum absolute atomic E-state index is 11.8. The number of nitrogens with one attached hydrogen (secondary N) is 1. The van der Waals surface area contributed by atoms with Gasteiger partial charge in [0.1, 0.15) is 0 Å². The molecule has 1 atom stereocenters. The number of esters is 1. The first-order chi connectivity index (χ1) is 8.81. The van der Waals surface area contributed by atoms with Gasteiger partial charge in [-0.1, -0.05) is 37.0 Å². The Hall–Kier alpha value is -1.26. The molecule has 4 nitrogen and oxygen atoms in total. The third-order valence-electron chi connectivity index (χ3n) is 2.32. The topological polar surface area (TPSA) is 55.4 Å². The van der Waals surface area contributed by atoms with E-state index in [2.05, 4.69) is 5.32 Å². The fraction of sp³-hybridized carbons (Fsp3) is 0.385. The van der Waals surface area contributed by atoms with Crippen molar-refractivity contribution < 1.29 is 14.3 Å². The molecule has 0 aliphatic heterocycles. The van der Waals surface area contributed by atoms with Gasteiger partial charge in [-0.05, 0) is 25.1 Å². The van der Waals surface area contributed by atoms with E-state index in [0.717, 1.165) is 0 Å². The lowest BCUT2D eigenvalue weighted by Crippen LogP contribution is -2.31. The first-order valence-electron chi connectivity index (χ1n) is 5.77. The zero-order valence-corrected chi connectivity index (χ0v) is 12.4. The highest BCUT2D eigenvalue weighted by molar-refractivity contribution is 6.36. The number of carbonyl (C=O) groups excluding carboxylic acids is 2. The molecule has 0 heterocycles. The van der Waals surface area contributed by atoms with Crippen molar-refractivity contribution in [3.05, 3.63) is 28.2 Å². The molecule has 19 heavy (non-hydrogen) atoms. The van der Waals surface area contributed by atoms with Crippen LogP contribution in [0.4, 0.5) is 5.69 Å². The predicted octanol–water partition coefficient (Wildman–Crippen LogP) is 3.52. The molecule has 104 valence electrons. The summed E-state index contributed by atoms with van der Waals surface area (Å²) >= 11 is 11.7. The van der Waals surface area contributed by atoms with E-state index in [1.807, 2.05) is 0 Å². The van der Waals surface area contributed by atoms with Crippen molar-refractivity contribution in [3.8, 4) is 0 Å². The van der Waals surface area contributed by atoms with Crippen molar-refractivity contribution in [2.24, 2.45) is 5.92 Å². The van der Waals surface area contributed by atoms with Gasteiger partial charge in [0.05, 0.1) is 16.6 Å². The molecular formula is C13H15Cl2NO3. The number of rotatable bonds is 4. The Bertz CT molecular complexity index is 489. The van der Waals surface area contributed by atoms with E-state index in [-0.39, 0.29) is 5.92 Å². The number of anilines is 1. The van der Waals surface area contributed by atoms with E-state index in [1.165, 1.54) is 13.0 Å². The van der Waals surface area contributed by atoms with Crippen LogP contribution in [-0.2, 0) is 14.3 Å². The summed E-state index contributed by atoms with van der Waals surface area (Å²) in [5.41, 5.74) is 0.420. The van der Waals surface area contributed by atoms with Crippen molar-refractivity contribution in [2.45, 2.75) is 26.9 Å². The molecule has 1 aromatic carbocycles. The molecule has 0 unspecified atom stereocenters. The predicted molar refractivity (Wildman–Crippen MR) is 75.5 cm³/mol.